The topological polar surface area (TPSA) is 91.3 Å². The predicted molar refractivity (Wildman–Crippen MR) is 90.4 cm³/mol. The Hall–Kier alpha value is -2.54. The Bertz CT molecular complexity index is 785. The molecule has 2 aromatic rings. The first-order chi connectivity index (χ1) is 11.4. The molecule has 7 heteroatoms. The number of benzene rings is 1. The van der Waals surface area contributed by atoms with Crippen LogP contribution in [0.15, 0.2) is 24.3 Å². The van der Waals surface area contributed by atoms with Gasteiger partial charge >= 0.3 is 0 Å². The summed E-state index contributed by atoms with van der Waals surface area (Å²) in [6, 6.07) is 5.56. The van der Waals surface area contributed by atoms with Gasteiger partial charge in [-0.15, -0.1) is 0 Å². The number of para-hydroxylation sites is 1. The number of hydrogen-bond donors (Lipinski definition) is 4. The lowest BCUT2D eigenvalue weighted by Gasteiger charge is -2.32. The number of halogens is 2. The van der Waals surface area contributed by atoms with Gasteiger partial charge in [-0.1, -0.05) is 12.1 Å². The summed E-state index contributed by atoms with van der Waals surface area (Å²) in [6.07, 6.45) is -0.375. The number of aromatic amines is 1. The van der Waals surface area contributed by atoms with Crippen LogP contribution in [0.2, 0.25) is 0 Å². The maximum atomic E-state index is 13.6. The third kappa shape index (κ3) is 2.71. The summed E-state index contributed by atoms with van der Waals surface area (Å²) in [7, 11) is 1.67. The lowest BCUT2D eigenvalue weighted by molar-refractivity contribution is 0.0314. The van der Waals surface area contributed by atoms with Crippen molar-refractivity contribution in [2.24, 2.45) is 5.73 Å². The number of nitrogen functional groups attached to an aromatic ring is 1. The Morgan fingerprint density at radius 1 is 1.42 bits per heavy atom. The molecule has 3 rings (SSSR count). The van der Waals surface area contributed by atoms with Gasteiger partial charge in [-0.3, -0.25) is 4.90 Å². The predicted octanol–water partition coefficient (Wildman–Crippen LogP) is 2.55. The van der Waals surface area contributed by atoms with E-state index in [-0.39, 0.29) is 11.4 Å². The molecule has 0 fully saturated rings. The number of H-pyrrole nitrogens is 1. The van der Waals surface area contributed by atoms with Crippen molar-refractivity contribution < 1.29 is 13.9 Å². The number of phenols is 1. The first-order valence-corrected chi connectivity index (χ1v) is 7.64. The molecule has 0 saturated heterocycles. The molecule has 6 N–H and O–H groups in total. The average Bonchev–Trinajstić information content (AvgIpc) is 2.83. The Kier molecular flexibility index (Phi) is 4.19. The van der Waals surface area contributed by atoms with Gasteiger partial charge in [-0.05, 0) is 25.3 Å². The molecule has 1 aliphatic heterocycles. The minimum atomic E-state index is -2.54. The molecule has 1 aliphatic rings. The van der Waals surface area contributed by atoms with Crippen LogP contribution < -0.4 is 11.5 Å². The van der Waals surface area contributed by atoms with Crippen LogP contribution in [-0.4, -0.2) is 35.0 Å². The standard InChI is InChI=1S/C17H20F2N4O/c1-23-7-6-12-14(15(23)16(18)19)10(17(21)22-12)8-11(20)9-4-2-3-5-13(9)24/h2-5,8,15-16,22,24H,6-7,20-21H2,1H3/b11-8-. The number of aromatic nitrogens is 1. The second-order valence-corrected chi connectivity index (χ2v) is 5.97. The van der Waals surface area contributed by atoms with E-state index in [0.717, 1.165) is 0 Å². The van der Waals surface area contributed by atoms with Crippen LogP contribution in [-0.2, 0) is 6.42 Å². The molecule has 0 saturated carbocycles. The molecule has 0 spiro atoms. The zero-order chi connectivity index (χ0) is 17.4. The molecule has 1 aromatic heterocycles. The molecule has 24 heavy (non-hydrogen) atoms. The number of nitrogens with two attached hydrogens (primary N) is 2. The van der Waals surface area contributed by atoms with Crippen LogP contribution in [0.25, 0.3) is 11.8 Å². The van der Waals surface area contributed by atoms with Gasteiger partial charge in [0, 0.05) is 41.0 Å². The molecule has 1 aromatic carbocycles. The van der Waals surface area contributed by atoms with Gasteiger partial charge in [-0.25, -0.2) is 8.78 Å². The van der Waals surface area contributed by atoms with Crippen LogP contribution in [0.1, 0.15) is 28.4 Å². The van der Waals surface area contributed by atoms with Crippen molar-refractivity contribution >= 4 is 17.6 Å². The summed E-state index contributed by atoms with van der Waals surface area (Å²) in [5.74, 6) is 0.330. The van der Waals surface area contributed by atoms with Gasteiger partial charge in [-0.2, -0.15) is 0 Å². The molecule has 2 heterocycles. The van der Waals surface area contributed by atoms with Gasteiger partial charge in [0.1, 0.15) is 11.6 Å². The monoisotopic (exact) mass is 334 g/mol. The highest BCUT2D eigenvalue weighted by atomic mass is 19.3. The lowest BCUT2D eigenvalue weighted by Crippen LogP contribution is -2.36. The first-order valence-electron chi connectivity index (χ1n) is 7.64. The largest absolute Gasteiger partial charge is 0.507 e. The van der Waals surface area contributed by atoms with E-state index >= 15 is 0 Å². The highest BCUT2D eigenvalue weighted by Crippen LogP contribution is 2.39. The van der Waals surface area contributed by atoms with Crippen molar-refractivity contribution in [2.45, 2.75) is 18.9 Å². The highest BCUT2D eigenvalue weighted by Gasteiger charge is 2.36. The van der Waals surface area contributed by atoms with E-state index in [4.69, 9.17) is 11.5 Å². The van der Waals surface area contributed by atoms with E-state index in [2.05, 4.69) is 4.98 Å². The molecule has 5 nitrogen and oxygen atoms in total. The number of phenolic OH excluding ortho intramolecular Hbond substituents is 1. The van der Waals surface area contributed by atoms with E-state index in [1.165, 1.54) is 6.07 Å². The van der Waals surface area contributed by atoms with E-state index in [0.29, 0.717) is 41.2 Å². The van der Waals surface area contributed by atoms with E-state index in [9.17, 15) is 13.9 Å². The Labute approximate surface area is 138 Å². The fourth-order valence-corrected chi connectivity index (χ4v) is 3.21. The number of rotatable bonds is 3. The first kappa shape index (κ1) is 16.3. The molecule has 0 aliphatic carbocycles. The van der Waals surface area contributed by atoms with Crippen LogP contribution in [0, 0.1) is 0 Å². The zero-order valence-corrected chi connectivity index (χ0v) is 13.3. The number of likely N-dealkylation sites (N-methyl/N-ethyl adjacent to an activating group) is 1. The maximum Gasteiger partial charge on any atom is 0.258 e. The quantitative estimate of drug-likeness (QED) is 0.694. The number of hydrogen-bond acceptors (Lipinski definition) is 4. The van der Waals surface area contributed by atoms with Crippen molar-refractivity contribution in [3.8, 4) is 5.75 Å². The normalized spacial score (nSPS) is 18.8. The number of nitrogens with zero attached hydrogens (tertiary/aromatic N) is 1. The smallest absolute Gasteiger partial charge is 0.258 e. The molecule has 0 amide bonds. The number of anilines is 1. The van der Waals surface area contributed by atoms with Crippen molar-refractivity contribution in [1.82, 2.24) is 9.88 Å². The summed E-state index contributed by atoms with van der Waals surface area (Å²) in [4.78, 5) is 4.62. The van der Waals surface area contributed by atoms with Gasteiger partial charge < -0.3 is 21.6 Å². The number of fused-ring (bicyclic) bond motifs is 1. The highest BCUT2D eigenvalue weighted by molar-refractivity contribution is 5.86. The molecular formula is C17H20F2N4O. The molecule has 1 unspecified atom stereocenters. The van der Waals surface area contributed by atoms with Gasteiger partial charge in [0.05, 0.1) is 6.04 Å². The number of alkyl halides is 2. The minimum absolute atomic E-state index is 0.0248. The second-order valence-electron chi connectivity index (χ2n) is 5.97. The Balaban J connectivity index is 2.11. The van der Waals surface area contributed by atoms with Crippen molar-refractivity contribution in [1.29, 1.82) is 0 Å². The summed E-state index contributed by atoms with van der Waals surface area (Å²) < 4.78 is 27.2. The van der Waals surface area contributed by atoms with Crippen LogP contribution in [0.3, 0.4) is 0 Å². The fraction of sp³-hybridized carbons (Fsp3) is 0.294. The third-order valence-electron chi connectivity index (χ3n) is 4.43. The fourth-order valence-electron chi connectivity index (χ4n) is 3.21. The van der Waals surface area contributed by atoms with Crippen molar-refractivity contribution in [3.63, 3.8) is 0 Å². The van der Waals surface area contributed by atoms with Gasteiger partial charge in [0.2, 0.25) is 0 Å². The van der Waals surface area contributed by atoms with E-state index < -0.39 is 12.5 Å². The molecular weight excluding hydrogens is 314 g/mol. The third-order valence-corrected chi connectivity index (χ3v) is 4.43. The summed E-state index contributed by atoms with van der Waals surface area (Å²) in [6.45, 7) is 0.528. The summed E-state index contributed by atoms with van der Waals surface area (Å²) in [5.41, 5.74) is 14.4. The van der Waals surface area contributed by atoms with Crippen LogP contribution in [0.4, 0.5) is 14.6 Å². The summed E-state index contributed by atoms with van der Waals surface area (Å²) >= 11 is 0. The summed E-state index contributed by atoms with van der Waals surface area (Å²) in [5, 5.41) is 9.91. The van der Waals surface area contributed by atoms with E-state index in [1.54, 1.807) is 36.2 Å². The van der Waals surface area contributed by atoms with Crippen LogP contribution >= 0.6 is 0 Å². The van der Waals surface area contributed by atoms with Crippen molar-refractivity contribution in [3.05, 3.63) is 46.6 Å². The van der Waals surface area contributed by atoms with Gasteiger partial charge in [0.15, 0.2) is 0 Å². The molecule has 128 valence electrons. The SMILES string of the molecule is CN1CCc2[nH]c(N)c(/C=C(\N)c3ccccc3O)c2C1C(F)F. The number of nitrogens with one attached hydrogen (secondary N) is 1. The number of aromatic hydroxyl groups is 1. The average molecular weight is 334 g/mol. The molecule has 0 bridgehead atoms. The van der Waals surface area contributed by atoms with E-state index in [1.807, 2.05) is 0 Å². The Morgan fingerprint density at radius 3 is 2.79 bits per heavy atom. The van der Waals surface area contributed by atoms with Crippen LogP contribution in [0.5, 0.6) is 5.75 Å². The maximum absolute atomic E-state index is 13.6. The van der Waals surface area contributed by atoms with Gasteiger partial charge in [0.25, 0.3) is 6.43 Å². The molecule has 1 atom stereocenters. The second kappa shape index (κ2) is 6.16. The van der Waals surface area contributed by atoms with Crippen molar-refractivity contribution in [2.75, 3.05) is 19.3 Å². The minimum Gasteiger partial charge on any atom is -0.507 e. The zero-order valence-electron chi connectivity index (χ0n) is 13.3. The Morgan fingerprint density at radius 2 is 2.12 bits per heavy atom. The lowest BCUT2D eigenvalue weighted by atomic mass is 9.94. The molecule has 0 radical (unpaired) electrons.